The molecule has 1 aromatic heterocycles. The van der Waals surface area contributed by atoms with E-state index in [4.69, 9.17) is 27.9 Å². The van der Waals surface area contributed by atoms with Crippen molar-refractivity contribution in [2.24, 2.45) is 12.0 Å². The summed E-state index contributed by atoms with van der Waals surface area (Å²) in [6.07, 6.45) is 0. The van der Waals surface area contributed by atoms with Crippen molar-refractivity contribution in [3.63, 3.8) is 0 Å². The Morgan fingerprint density at radius 1 is 1.11 bits per heavy atom. The van der Waals surface area contributed by atoms with Gasteiger partial charge in [0.15, 0.2) is 5.96 Å². The first-order valence-electron chi connectivity index (χ1n) is 9.39. The molecular formula is C20H27Cl2N5O. The molecule has 0 radical (unpaired) electrons. The fourth-order valence-electron chi connectivity index (χ4n) is 3.19. The number of hydrogen-bond donors (Lipinski definition) is 2. The molecule has 0 saturated carbocycles. The van der Waals surface area contributed by atoms with E-state index >= 15 is 0 Å². The Morgan fingerprint density at radius 2 is 1.82 bits per heavy atom. The minimum atomic E-state index is 0.540. The summed E-state index contributed by atoms with van der Waals surface area (Å²) in [5.41, 5.74) is 3.53. The summed E-state index contributed by atoms with van der Waals surface area (Å²) >= 11 is 12.2. The molecule has 6 nitrogen and oxygen atoms in total. The molecule has 152 valence electrons. The molecule has 1 aromatic carbocycles. The summed E-state index contributed by atoms with van der Waals surface area (Å²) < 4.78 is 7.28. The van der Waals surface area contributed by atoms with Gasteiger partial charge in [0.1, 0.15) is 5.15 Å². The molecule has 28 heavy (non-hydrogen) atoms. The molecule has 0 unspecified atom stereocenters. The number of nitrogens with zero attached hydrogens (tertiary/aromatic N) is 3. The van der Waals surface area contributed by atoms with E-state index in [-0.39, 0.29) is 0 Å². The fraction of sp³-hybridized carbons (Fsp3) is 0.450. The van der Waals surface area contributed by atoms with Crippen molar-refractivity contribution in [1.29, 1.82) is 0 Å². The van der Waals surface area contributed by atoms with E-state index in [1.54, 1.807) is 7.05 Å². The van der Waals surface area contributed by atoms with E-state index in [1.807, 2.05) is 17.7 Å². The molecule has 2 N–H and O–H groups in total. The van der Waals surface area contributed by atoms with Crippen LogP contribution < -0.4 is 10.6 Å². The van der Waals surface area contributed by atoms with Gasteiger partial charge in [-0.2, -0.15) is 0 Å². The first kappa shape index (κ1) is 21.0. The molecule has 2 heterocycles. The maximum absolute atomic E-state index is 6.12. The van der Waals surface area contributed by atoms with E-state index in [0.717, 1.165) is 44.5 Å². The van der Waals surface area contributed by atoms with Gasteiger partial charge >= 0.3 is 0 Å². The van der Waals surface area contributed by atoms with Gasteiger partial charge in [0.05, 0.1) is 24.8 Å². The van der Waals surface area contributed by atoms with Gasteiger partial charge in [0, 0.05) is 46.0 Å². The number of aromatic nitrogens is 1. The highest BCUT2D eigenvalue weighted by Gasteiger charge is 2.11. The molecule has 1 aliphatic heterocycles. The lowest BCUT2D eigenvalue weighted by molar-refractivity contribution is 0.0342. The topological polar surface area (TPSA) is 53.8 Å². The van der Waals surface area contributed by atoms with Gasteiger partial charge < -0.3 is 19.9 Å². The van der Waals surface area contributed by atoms with E-state index in [2.05, 4.69) is 44.8 Å². The van der Waals surface area contributed by atoms with E-state index in [1.165, 1.54) is 11.1 Å². The summed E-state index contributed by atoms with van der Waals surface area (Å²) in [5, 5.41) is 7.75. The standard InChI is InChI=1S/C20H27Cl2N5O/c1-23-20(25-13-17-11-18(21)19(22)26(17)2)24-12-15-4-3-5-16(10-15)14-27-6-8-28-9-7-27/h3-5,10-11H,6-9,12-14H2,1-2H3,(H2,23,24,25). The SMILES string of the molecule is CN=C(NCc1cccc(CN2CCOCC2)c1)NCc1cc(Cl)c(Cl)n1C. The van der Waals surface area contributed by atoms with Crippen LogP contribution >= 0.6 is 23.2 Å². The second-order valence-corrected chi connectivity index (χ2v) is 7.59. The van der Waals surface area contributed by atoms with E-state index in [0.29, 0.717) is 23.3 Å². The number of guanidine groups is 1. The average molecular weight is 424 g/mol. The number of ether oxygens (including phenoxy) is 1. The Bertz CT molecular complexity index is 815. The predicted molar refractivity (Wildman–Crippen MR) is 115 cm³/mol. The van der Waals surface area contributed by atoms with Crippen LogP contribution in [0.1, 0.15) is 16.8 Å². The molecule has 1 aliphatic rings. The van der Waals surface area contributed by atoms with Gasteiger partial charge in [0.25, 0.3) is 0 Å². The molecule has 0 bridgehead atoms. The molecule has 0 spiro atoms. The minimum absolute atomic E-state index is 0.540. The van der Waals surface area contributed by atoms with Crippen molar-refractivity contribution in [3.05, 3.63) is 57.3 Å². The molecule has 1 saturated heterocycles. The van der Waals surface area contributed by atoms with Crippen LogP contribution in [0, 0.1) is 0 Å². The highest BCUT2D eigenvalue weighted by molar-refractivity contribution is 6.41. The third kappa shape index (κ3) is 5.64. The zero-order valence-corrected chi connectivity index (χ0v) is 17.9. The summed E-state index contributed by atoms with van der Waals surface area (Å²) in [6.45, 7) is 5.87. The normalized spacial score (nSPS) is 15.6. The number of halogens is 2. The van der Waals surface area contributed by atoms with Crippen molar-refractivity contribution >= 4 is 29.2 Å². The van der Waals surface area contributed by atoms with Crippen LogP contribution in [0.2, 0.25) is 10.2 Å². The average Bonchev–Trinajstić information content (AvgIpc) is 2.96. The van der Waals surface area contributed by atoms with Crippen LogP contribution in [-0.2, 0) is 31.4 Å². The Morgan fingerprint density at radius 3 is 2.50 bits per heavy atom. The van der Waals surface area contributed by atoms with Crippen molar-refractivity contribution in [3.8, 4) is 0 Å². The summed E-state index contributed by atoms with van der Waals surface area (Å²) in [5.74, 6) is 0.729. The molecular weight excluding hydrogens is 397 g/mol. The van der Waals surface area contributed by atoms with Gasteiger partial charge in [-0.3, -0.25) is 9.89 Å². The number of aliphatic imine (C=N–C) groups is 1. The summed E-state index contributed by atoms with van der Waals surface area (Å²) in [6, 6.07) is 10.5. The van der Waals surface area contributed by atoms with Crippen LogP contribution in [0.3, 0.4) is 0 Å². The van der Waals surface area contributed by atoms with E-state index in [9.17, 15) is 0 Å². The summed E-state index contributed by atoms with van der Waals surface area (Å²) in [7, 11) is 3.65. The zero-order valence-electron chi connectivity index (χ0n) is 16.3. The second-order valence-electron chi connectivity index (χ2n) is 6.82. The molecule has 1 fully saturated rings. The van der Waals surface area contributed by atoms with E-state index < -0.39 is 0 Å². The maximum Gasteiger partial charge on any atom is 0.191 e. The molecule has 0 aliphatic carbocycles. The quantitative estimate of drug-likeness (QED) is 0.553. The largest absolute Gasteiger partial charge is 0.379 e. The maximum atomic E-state index is 6.12. The third-order valence-electron chi connectivity index (χ3n) is 4.84. The number of rotatable bonds is 6. The van der Waals surface area contributed by atoms with Crippen molar-refractivity contribution < 1.29 is 4.74 Å². The van der Waals surface area contributed by atoms with Crippen LogP contribution in [0.15, 0.2) is 35.3 Å². The number of morpholine rings is 1. The zero-order chi connectivity index (χ0) is 19.9. The lowest BCUT2D eigenvalue weighted by Gasteiger charge is -2.26. The Labute approximate surface area is 176 Å². The number of nitrogens with one attached hydrogen (secondary N) is 2. The van der Waals surface area contributed by atoms with Gasteiger partial charge in [-0.05, 0) is 17.2 Å². The van der Waals surface area contributed by atoms with Crippen LogP contribution in [0.5, 0.6) is 0 Å². The van der Waals surface area contributed by atoms with Gasteiger partial charge in [-0.25, -0.2) is 0 Å². The molecule has 3 rings (SSSR count). The Hall–Kier alpha value is -1.73. The first-order valence-corrected chi connectivity index (χ1v) is 10.1. The van der Waals surface area contributed by atoms with Gasteiger partial charge in [0.2, 0.25) is 0 Å². The number of hydrogen-bond acceptors (Lipinski definition) is 3. The molecule has 0 amide bonds. The highest BCUT2D eigenvalue weighted by Crippen LogP contribution is 2.24. The van der Waals surface area contributed by atoms with Crippen LogP contribution in [0.4, 0.5) is 0 Å². The smallest absolute Gasteiger partial charge is 0.191 e. The van der Waals surface area contributed by atoms with Crippen molar-refractivity contribution in [1.82, 2.24) is 20.1 Å². The molecule has 2 aromatic rings. The molecule has 8 heteroatoms. The lowest BCUT2D eigenvalue weighted by Crippen LogP contribution is -2.37. The van der Waals surface area contributed by atoms with Gasteiger partial charge in [-0.1, -0.05) is 47.5 Å². The monoisotopic (exact) mass is 423 g/mol. The van der Waals surface area contributed by atoms with Crippen LogP contribution in [-0.4, -0.2) is 48.8 Å². The number of benzene rings is 1. The lowest BCUT2D eigenvalue weighted by atomic mass is 10.1. The fourth-order valence-corrected chi connectivity index (χ4v) is 3.61. The van der Waals surface area contributed by atoms with Crippen LogP contribution in [0.25, 0.3) is 0 Å². The minimum Gasteiger partial charge on any atom is -0.379 e. The molecule has 0 atom stereocenters. The first-order chi connectivity index (χ1) is 13.6. The van der Waals surface area contributed by atoms with Crippen molar-refractivity contribution in [2.75, 3.05) is 33.4 Å². The second kappa shape index (κ2) is 10.2. The summed E-state index contributed by atoms with van der Waals surface area (Å²) in [4.78, 5) is 6.71. The van der Waals surface area contributed by atoms with Gasteiger partial charge in [-0.15, -0.1) is 0 Å². The Kier molecular flexibility index (Phi) is 7.62. The van der Waals surface area contributed by atoms with Crippen molar-refractivity contribution in [2.45, 2.75) is 19.6 Å². The Balaban J connectivity index is 1.51. The highest BCUT2D eigenvalue weighted by atomic mass is 35.5. The third-order valence-corrected chi connectivity index (χ3v) is 5.68. The predicted octanol–water partition coefficient (Wildman–Crippen LogP) is 3.03.